The van der Waals surface area contributed by atoms with Crippen molar-refractivity contribution in [2.24, 2.45) is 0 Å². The van der Waals surface area contributed by atoms with E-state index >= 15 is 0 Å². The van der Waals surface area contributed by atoms with Gasteiger partial charge in [0.25, 0.3) is 0 Å². The number of carbonyl (C=O) groups is 4. The molecule has 6 aromatic carbocycles. The first-order valence-corrected chi connectivity index (χ1v) is 36.5. The molecule has 0 aromatic heterocycles. The summed E-state index contributed by atoms with van der Waals surface area (Å²) in [5.74, 6) is 2.31. The quantitative estimate of drug-likeness (QED) is 0.0201. The van der Waals surface area contributed by atoms with Crippen molar-refractivity contribution in [3.63, 3.8) is 0 Å². The van der Waals surface area contributed by atoms with Crippen molar-refractivity contribution >= 4 is 23.9 Å². The van der Waals surface area contributed by atoms with Gasteiger partial charge in [-0.3, -0.25) is 0 Å². The lowest BCUT2D eigenvalue weighted by Gasteiger charge is -2.14. The van der Waals surface area contributed by atoms with Gasteiger partial charge in [0.1, 0.15) is 68.6 Å². The molecular formula is C82H110O14. The summed E-state index contributed by atoms with van der Waals surface area (Å²) < 4.78 is 59.5. The summed E-state index contributed by atoms with van der Waals surface area (Å²) in [5, 5.41) is 0. The highest BCUT2D eigenvalue weighted by Gasteiger charge is 2.22. The molecule has 96 heavy (non-hydrogen) atoms. The van der Waals surface area contributed by atoms with Crippen LogP contribution in [0.1, 0.15) is 275 Å². The highest BCUT2D eigenvalue weighted by molar-refractivity contribution is 5.98. The Kier molecular flexibility index (Phi) is 38.4. The van der Waals surface area contributed by atoms with Gasteiger partial charge in [-0.2, -0.15) is 0 Å². The zero-order chi connectivity index (χ0) is 67.9. The zero-order valence-corrected chi connectivity index (χ0v) is 58.3. The number of unbranched alkanes of at least 4 members (excludes halogenated alkanes) is 27. The van der Waals surface area contributed by atoms with E-state index in [1.165, 1.54) is 103 Å². The monoisotopic (exact) mass is 1320 g/mol. The van der Waals surface area contributed by atoms with Crippen LogP contribution in [0.25, 0.3) is 0 Å². The van der Waals surface area contributed by atoms with Crippen LogP contribution in [-0.4, -0.2) is 63.5 Å². The smallest absolute Gasteiger partial charge is 0.347 e. The standard InChI is InChI=1S/C82H110O14/c1-5-9-13-17-25-31-57-87-67-39-47-71(48-40-67)93-79(83)65-37-55-75(81(85)95-73-51-43-69(44-52-73)89-59-33-27-19-15-11-7-3)77(63-65)91-61-35-29-23-21-22-24-30-36-62-92-78-64-66(80(84)94-72-49-41-68(42-50-72)88-58-32-26-18-14-10-6-2)38-56-76(78)82(86)96-74-53-45-70(46-54-74)90-60-34-28-20-16-12-8-4/h37-56,63-64H,5-36,57-62H2,1-4H3. The maximum absolute atomic E-state index is 13.8. The minimum atomic E-state index is -0.618. The number of ether oxygens (including phenoxy) is 10. The molecule has 6 rings (SSSR count). The molecule has 0 fully saturated rings. The summed E-state index contributed by atoms with van der Waals surface area (Å²) >= 11 is 0. The molecule has 0 aliphatic heterocycles. The van der Waals surface area contributed by atoms with Gasteiger partial charge >= 0.3 is 23.9 Å². The molecule has 0 aliphatic carbocycles. The second-order valence-electron chi connectivity index (χ2n) is 24.9. The van der Waals surface area contributed by atoms with E-state index in [1.807, 2.05) is 0 Å². The largest absolute Gasteiger partial charge is 0.494 e. The van der Waals surface area contributed by atoms with E-state index in [2.05, 4.69) is 27.7 Å². The van der Waals surface area contributed by atoms with Crippen LogP contribution in [0.4, 0.5) is 0 Å². The van der Waals surface area contributed by atoms with Gasteiger partial charge < -0.3 is 47.4 Å². The van der Waals surface area contributed by atoms with Crippen LogP contribution in [-0.2, 0) is 0 Å². The third kappa shape index (κ3) is 31.3. The lowest BCUT2D eigenvalue weighted by atomic mass is 10.1. The summed E-state index contributed by atoms with van der Waals surface area (Å²) in [5.41, 5.74) is 0.818. The van der Waals surface area contributed by atoms with E-state index < -0.39 is 23.9 Å². The Labute approximate surface area is 573 Å². The van der Waals surface area contributed by atoms with Gasteiger partial charge in [-0.25, -0.2) is 19.2 Å². The molecule has 6 aromatic rings. The molecule has 0 aliphatic rings. The molecular weight excluding hydrogens is 1210 g/mol. The van der Waals surface area contributed by atoms with Gasteiger partial charge in [0.05, 0.1) is 50.8 Å². The molecule has 0 radical (unpaired) electrons. The zero-order valence-electron chi connectivity index (χ0n) is 58.3. The molecule has 0 N–H and O–H groups in total. The Hall–Kier alpha value is -8.00. The molecule has 0 unspecified atom stereocenters. The van der Waals surface area contributed by atoms with Crippen LogP contribution in [0.5, 0.6) is 57.5 Å². The first kappa shape index (κ1) is 77.0. The Bertz CT molecular complexity index is 2880. The molecule has 0 saturated heterocycles. The van der Waals surface area contributed by atoms with E-state index in [-0.39, 0.29) is 33.8 Å². The number of benzene rings is 6. The van der Waals surface area contributed by atoms with E-state index in [0.717, 1.165) is 103 Å². The van der Waals surface area contributed by atoms with Crippen LogP contribution in [0.2, 0.25) is 0 Å². The second-order valence-corrected chi connectivity index (χ2v) is 24.9. The molecule has 522 valence electrons. The molecule has 0 atom stereocenters. The van der Waals surface area contributed by atoms with Gasteiger partial charge in [-0.1, -0.05) is 195 Å². The second kappa shape index (κ2) is 47.8. The first-order chi connectivity index (χ1) is 47.2. The number of rotatable bonds is 53. The molecule has 14 heteroatoms. The van der Waals surface area contributed by atoms with Crippen molar-refractivity contribution in [2.45, 2.75) is 233 Å². The Morgan fingerprint density at radius 3 is 0.656 bits per heavy atom. The van der Waals surface area contributed by atoms with Gasteiger partial charge in [0, 0.05) is 0 Å². The van der Waals surface area contributed by atoms with Crippen LogP contribution in [0.3, 0.4) is 0 Å². The topological polar surface area (TPSA) is 161 Å². The van der Waals surface area contributed by atoms with Crippen molar-refractivity contribution in [3.8, 4) is 57.5 Å². The van der Waals surface area contributed by atoms with E-state index in [0.29, 0.717) is 85.6 Å². The molecule has 0 amide bonds. The van der Waals surface area contributed by atoms with Crippen molar-refractivity contribution in [3.05, 3.63) is 156 Å². The normalized spacial score (nSPS) is 11.0. The molecule has 0 saturated carbocycles. The highest BCUT2D eigenvalue weighted by atomic mass is 16.6. The first-order valence-electron chi connectivity index (χ1n) is 36.5. The maximum Gasteiger partial charge on any atom is 0.347 e. The summed E-state index contributed by atoms with van der Waals surface area (Å²) in [6, 6.07) is 37.3. The maximum atomic E-state index is 13.8. The van der Waals surface area contributed by atoms with Gasteiger partial charge in [0.2, 0.25) is 0 Å². The minimum Gasteiger partial charge on any atom is -0.494 e. The van der Waals surface area contributed by atoms with Crippen LogP contribution in [0, 0.1) is 0 Å². The summed E-state index contributed by atoms with van der Waals surface area (Å²) in [6.45, 7) is 12.0. The van der Waals surface area contributed by atoms with E-state index in [4.69, 9.17) is 47.4 Å². The summed E-state index contributed by atoms with van der Waals surface area (Å²) in [6.07, 6.45) is 35.4. The minimum absolute atomic E-state index is 0.185. The van der Waals surface area contributed by atoms with E-state index in [9.17, 15) is 19.2 Å². The number of hydrogen-bond acceptors (Lipinski definition) is 14. The average molecular weight is 1320 g/mol. The predicted octanol–water partition coefficient (Wildman–Crippen LogP) is 22.1. The van der Waals surface area contributed by atoms with Gasteiger partial charge in [-0.05, 0) is 172 Å². The SMILES string of the molecule is CCCCCCCCOc1ccc(OC(=O)c2ccc(C(=O)Oc3ccc(OCCCCCCCC)cc3)c(OCCCCCCCCCCOc3cc(C(=O)Oc4ccc(OCCCCCCCC)cc4)ccc3C(=O)Oc3ccc(OCCCCCCCC)cc3)c2)cc1. The van der Waals surface area contributed by atoms with Gasteiger partial charge in [-0.15, -0.1) is 0 Å². The third-order valence-electron chi connectivity index (χ3n) is 16.6. The van der Waals surface area contributed by atoms with Crippen molar-refractivity contribution < 1.29 is 66.5 Å². The molecule has 14 nitrogen and oxygen atoms in total. The number of esters is 4. The van der Waals surface area contributed by atoms with Crippen molar-refractivity contribution in [2.75, 3.05) is 39.6 Å². The van der Waals surface area contributed by atoms with Crippen molar-refractivity contribution in [1.82, 2.24) is 0 Å². The van der Waals surface area contributed by atoms with Crippen LogP contribution < -0.4 is 47.4 Å². The Morgan fingerprint density at radius 1 is 0.219 bits per heavy atom. The number of hydrogen-bond donors (Lipinski definition) is 0. The van der Waals surface area contributed by atoms with Crippen LogP contribution >= 0.6 is 0 Å². The fourth-order valence-electron chi connectivity index (χ4n) is 10.9. The Morgan fingerprint density at radius 2 is 0.417 bits per heavy atom. The lowest BCUT2D eigenvalue weighted by Crippen LogP contribution is -2.14. The van der Waals surface area contributed by atoms with E-state index in [1.54, 1.807) is 133 Å². The third-order valence-corrected chi connectivity index (χ3v) is 16.6. The highest BCUT2D eigenvalue weighted by Crippen LogP contribution is 2.30. The fourth-order valence-corrected chi connectivity index (χ4v) is 10.9. The molecule has 0 bridgehead atoms. The average Bonchev–Trinajstić information content (AvgIpc) is 0.855. The molecule has 0 spiro atoms. The van der Waals surface area contributed by atoms with Gasteiger partial charge in [0.15, 0.2) is 0 Å². The molecule has 0 heterocycles. The van der Waals surface area contributed by atoms with Crippen LogP contribution in [0.15, 0.2) is 133 Å². The fraction of sp³-hybridized carbons (Fsp3) is 0.512. The summed E-state index contributed by atoms with van der Waals surface area (Å²) in [7, 11) is 0. The lowest BCUT2D eigenvalue weighted by molar-refractivity contribution is 0.0715. The number of carbonyl (C=O) groups excluding carboxylic acids is 4. The predicted molar refractivity (Wildman–Crippen MR) is 382 cm³/mol. The Balaban J connectivity index is 0.979. The van der Waals surface area contributed by atoms with Crippen molar-refractivity contribution in [1.29, 1.82) is 0 Å². The summed E-state index contributed by atoms with van der Waals surface area (Å²) in [4.78, 5) is 54.7.